The van der Waals surface area contributed by atoms with Crippen molar-refractivity contribution in [2.45, 2.75) is 50.7 Å². The largest absolute Gasteiger partial charge is 0.491 e. The number of anilines is 1. The minimum Gasteiger partial charge on any atom is -0.491 e. The Hall–Kier alpha value is -2.75. The van der Waals surface area contributed by atoms with E-state index in [2.05, 4.69) is 10.6 Å². The molecular formula is C30H33Cl2F2N3O3. The number of nitrogens with one attached hydrogen (secondary N) is 2. The molecule has 0 spiro atoms. The Morgan fingerprint density at radius 3 is 2.45 bits per heavy atom. The Bertz CT molecular complexity index is 1370. The third-order valence-corrected chi connectivity index (χ3v) is 7.63. The van der Waals surface area contributed by atoms with Gasteiger partial charge in [0.05, 0.1) is 23.2 Å². The molecule has 5 N–H and O–H groups in total. The number of amides is 1. The van der Waals surface area contributed by atoms with Crippen LogP contribution in [0.2, 0.25) is 10.0 Å². The molecule has 4 atom stereocenters. The summed E-state index contributed by atoms with van der Waals surface area (Å²) in [5.41, 5.74) is 6.03. The highest BCUT2D eigenvalue weighted by atomic mass is 35.5. The molecule has 0 bridgehead atoms. The van der Waals surface area contributed by atoms with Crippen LogP contribution in [0, 0.1) is 17.0 Å². The number of aliphatic hydroxyl groups is 1. The highest BCUT2D eigenvalue weighted by Gasteiger charge is 2.58. The van der Waals surface area contributed by atoms with Gasteiger partial charge in [-0.25, -0.2) is 8.78 Å². The van der Waals surface area contributed by atoms with Gasteiger partial charge in [-0.05, 0) is 59.9 Å². The molecule has 1 fully saturated rings. The minimum absolute atomic E-state index is 0.0983. The van der Waals surface area contributed by atoms with Crippen molar-refractivity contribution in [1.82, 2.24) is 5.32 Å². The second kappa shape index (κ2) is 12.0. The third-order valence-electron chi connectivity index (χ3n) is 7.10. The van der Waals surface area contributed by atoms with E-state index in [0.29, 0.717) is 17.9 Å². The van der Waals surface area contributed by atoms with Gasteiger partial charge in [0.15, 0.2) is 0 Å². The molecule has 1 amide bonds. The van der Waals surface area contributed by atoms with Gasteiger partial charge < -0.3 is 26.2 Å². The van der Waals surface area contributed by atoms with Gasteiger partial charge in [-0.2, -0.15) is 0 Å². The number of rotatable bonds is 8. The Labute approximate surface area is 242 Å². The van der Waals surface area contributed by atoms with E-state index in [1.54, 1.807) is 30.3 Å². The summed E-state index contributed by atoms with van der Waals surface area (Å²) < 4.78 is 36.6. The normalized spacial score (nSPS) is 22.8. The molecule has 3 aromatic rings. The van der Waals surface area contributed by atoms with Crippen molar-refractivity contribution in [1.29, 1.82) is 0 Å². The van der Waals surface area contributed by atoms with Gasteiger partial charge in [0.2, 0.25) is 5.91 Å². The maximum atomic E-state index is 15.7. The summed E-state index contributed by atoms with van der Waals surface area (Å²) in [6.45, 7) is 6.04. The zero-order valence-corrected chi connectivity index (χ0v) is 24.0. The first-order valence-corrected chi connectivity index (χ1v) is 13.7. The number of ether oxygens (including phenoxy) is 1. The molecule has 1 heterocycles. The monoisotopic (exact) mass is 591 g/mol. The number of carbonyl (C=O) groups excluding carboxylic acids is 1. The lowest BCUT2D eigenvalue weighted by Crippen LogP contribution is -2.52. The van der Waals surface area contributed by atoms with Crippen molar-refractivity contribution in [2.75, 3.05) is 18.5 Å². The van der Waals surface area contributed by atoms with Crippen LogP contribution in [0.5, 0.6) is 5.75 Å². The lowest BCUT2D eigenvalue weighted by molar-refractivity contribution is -0.118. The van der Waals surface area contributed by atoms with Crippen LogP contribution in [0.3, 0.4) is 0 Å². The summed E-state index contributed by atoms with van der Waals surface area (Å²) in [4.78, 5) is 13.9. The summed E-state index contributed by atoms with van der Waals surface area (Å²) in [6.07, 6.45) is 0.449. The van der Waals surface area contributed by atoms with E-state index in [4.69, 9.17) is 38.8 Å². The SMILES string of the molecule is CC(C)(C)CC1N[C@@H](C(=O)Nc2ccc(OCCO)cc2)[C@H](c2cccc(Cl)c2F)[C@@]1(N)c1ccc(Cl)cc1F. The maximum Gasteiger partial charge on any atom is 0.242 e. The Balaban J connectivity index is 1.82. The van der Waals surface area contributed by atoms with Crippen LogP contribution in [-0.2, 0) is 10.3 Å². The quantitative estimate of drug-likeness (QED) is 0.258. The average Bonchev–Trinajstić information content (AvgIpc) is 3.16. The molecule has 0 radical (unpaired) electrons. The van der Waals surface area contributed by atoms with Gasteiger partial charge in [0, 0.05) is 28.2 Å². The van der Waals surface area contributed by atoms with Crippen LogP contribution < -0.4 is 21.1 Å². The molecule has 1 aliphatic heterocycles. The topological polar surface area (TPSA) is 96.6 Å². The number of benzene rings is 3. The van der Waals surface area contributed by atoms with Crippen molar-refractivity contribution >= 4 is 34.8 Å². The fourth-order valence-electron chi connectivity index (χ4n) is 5.42. The molecule has 1 saturated heterocycles. The fourth-order valence-corrected chi connectivity index (χ4v) is 5.76. The second-order valence-electron chi connectivity index (χ2n) is 11.2. The molecule has 10 heteroatoms. The van der Waals surface area contributed by atoms with Crippen molar-refractivity contribution in [3.05, 3.63) is 93.5 Å². The number of aliphatic hydroxyl groups excluding tert-OH is 1. The van der Waals surface area contributed by atoms with Crippen LogP contribution in [0.1, 0.15) is 44.2 Å². The number of carbonyl (C=O) groups is 1. The van der Waals surface area contributed by atoms with Crippen molar-refractivity contribution in [2.24, 2.45) is 11.1 Å². The first kappa shape index (κ1) is 30.2. The lowest BCUT2D eigenvalue weighted by atomic mass is 9.68. The van der Waals surface area contributed by atoms with Crippen molar-refractivity contribution in [3.8, 4) is 5.75 Å². The highest BCUT2D eigenvalue weighted by Crippen LogP contribution is 2.50. The first-order valence-electron chi connectivity index (χ1n) is 12.9. The van der Waals surface area contributed by atoms with Gasteiger partial charge in [0.1, 0.15) is 24.0 Å². The van der Waals surface area contributed by atoms with Crippen LogP contribution >= 0.6 is 23.2 Å². The molecule has 0 aliphatic carbocycles. The van der Waals surface area contributed by atoms with E-state index in [9.17, 15) is 4.79 Å². The summed E-state index contributed by atoms with van der Waals surface area (Å²) in [6, 6.07) is 13.6. The standard InChI is InChI=1S/C30H33Cl2F2N3O3/c1-29(2,3)16-24-30(35,21-12-7-17(31)15-23(21)33)25(20-5-4-6-22(32)26(20)34)27(37-24)28(39)36-18-8-10-19(11-9-18)40-14-13-38/h4-12,15,24-25,27,37-38H,13-14,16,35H2,1-3H3,(H,36,39)/t24?,25-,27+,30+/m0/s1. The Morgan fingerprint density at radius 2 is 1.82 bits per heavy atom. The predicted octanol–water partition coefficient (Wildman–Crippen LogP) is 6.00. The molecule has 6 nitrogen and oxygen atoms in total. The maximum absolute atomic E-state index is 15.7. The van der Waals surface area contributed by atoms with E-state index >= 15 is 8.78 Å². The molecule has 1 unspecified atom stereocenters. The van der Waals surface area contributed by atoms with Gasteiger partial charge in [0.25, 0.3) is 0 Å². The molecule has 1 aliphatic rings. The minimum atomic E-state index is -1.56. The zero-order chi connectivity index (χ0) is 29.2. The van der Waals surface area contributed by atoms with Crippen molar-refractivity contribution in [3.63, 3.8) is 0 Å². The molecule has 214 valence electrons. The van der Waals surface area contributed by atoms with Gasteiger partial charge in [-0.1, -0.05) is 62.2 Å². The summed E-state index contributed by atoms with van der Waals surface area (Å²) in [5.74, 6) is -2.37. The van der Waals surface area contributed by atoms with E-state index < -0.39 is 41.1 Å². The predicted molar refractivity (Wildman–Crippen MR) is 154 cm³/mol. The highest BCUT2D eigenvalue weighted by molar-refractivity contribution is 6.31. The lowest BCUT2D eigenvalue weighted by Gasteiger charge is -2.40. The van der Waals surface area contributed by atoms with E-state index in [0.717, 1.165) is 0 Å². The van der Waals surface area contributed by atoms with Crippen LogP contribution in [-0.4, -0.2) is 36.3 Å². The number of hydrogen-bond donors (Lipinski definition) is 4. The van der Waals surface area contributed by atoms with Crippen molar-refractivity contribution < 1.29 is 23.4 Å². The number of hydrogen-bond acceptors (Lipinski definition) is 5. The Morgan fingerprint density at radius 1 is 1.12 bits per heavy atom. The molecule has 0 aromatic heterocycles. The van der Waals surface area contributed by atoms with Crippen LogP contribution in [0.4, 0.5) is 14.5 Å². The zero-order valence-electron chi connectivity index (χ0n) is 22.5. The molecule has 40 heavy (non-hydrogen) atoms. The second-order valence-corrected chi connectivity index (χ2v) is 12.1. The van der Waals surface area contributed by atoms with E-state index in [1.807, 2.05) is 20.8 Å². The third kappa shape index (κ3) is 6.26. The van der Waals surface area contributed by atoms with Gasteiger partial charge >= 0.3 is 0 Å². The first-order chi connectivity index (χ1) is 18.8. The molecular weight excluding hydrogens is 559 g/mol. The molecule has 3 aromatic carbocycles. The number of nitrogens with two attached hydrogens (primary N) is 1. The van der Waals surface area contributed by atoms with Crippen LogP contribution in [0.25, 0.3) is 0 Å². The van der Waals surface area contributed by atoms with Gasteiger partial charge in [-0.15, -0.1) is 0 Å². The van der Waals surface area contributed by atoms with Gasteiger partial charge in [-0.3, -0.25) is 4.79 Å². The average molecular weight is 593 g/mol. The van der Waals surface area contributed by atoms with Crippen LogP contribution in [0.15, 0.2) is 60.7 Å². The smallest absolute Gasteiger partial charge is 0.242 e. The van der Waals surface area contributed by atoms with E-state index in [1.165, 1.54) is 30.3 Å². The van der Waals surface area contributed by atoms with E-state index in [-0.39, 0.29) is 39.8 Å². The summed E-state index contributed by atoms with van der Waals surface area (Å²) in [7, 11) is 0. The molecule has 4 rings (SSSR count). The summed E-state index contributed by atoms with van der Waals surface area (Å²) in [5, 5.41) is 15.2. The summed E-state index contributed by atoms with van der Waals surface area (Å²) >= 11 is 12.2. The fraction of sp³-hybridized carbons (Fsp3) is 0.367. The molecule has 0 saturated carbocycles. The number of halogens is 4. The Kier molecular flexibility index (Phi) is 9.07.